The van der Waals surface area contributed by atoms with Gasteiger partial charge in [0, 0.05) is 18.3 Å². The average molecular weight is 249 g/mol. The molecule has 0 unspecified atom stereocenters. The molecule has 1 saturated carbocycles. The summed E-state index contributed by atoms with van der Waals surface area (Å²) in [4.78, 5) is 13.2. The van der Waals surface area contributed by atoms with Crippen molar-refractivity contribution in [2.45, 2.75) is 25.3 Å². The van der Waals surface area contributed by atoms with Crippen LogP contribution in [0.5, 0.6) is 0 Å². The summed E-state index contributed by atoms with van der Waals surface area (Å²) >= 11 is 6.01. The van der Waals surface area contributed by atoms with Gasteiger partial charge in [0.15, 0.2) is 6.29 Å². The largest absolute Gasteiger partial charge is 0.367 e. The molecule has 0 bridgehead atoms. The van der Waals surface area contributed by atoms with Crippen LogP contribution in [0.2, 0.25) is 5.02 Å². The van der Waals surface area contributed by atoms with E-state index in [2.05, 4.69) is 11.0 Å². The van der Waals surface area contributed by atoms with E-state index in [0.29, 0.717) is 29.6 Å². The van der Waals surface area contributed by atoms with Gasteiger partial charge in [0.1, 0.15) is 0 Å². The molecule has 1 aromatic rings. The van der Waals surface area contributed by atoms with Crippen LogP contribution in [-0.4, -0.2) is 18.9 Å². The monoisotopic (exact) mass is 248 g/mol. The Bertz CT molecular complexity index is 463. The highest BCUT2D eigenvalue weighted by molar-refractivity contribution is 6.33. The number of nitrogens with zero attached hydrogens (tertiary/aromatic N) is 2. The van der Waals surface area contributed by atoms with Crippen LogP contribution in [0.15, 0.2) is 18.2 Å². The molecule has 0 N–H and O–H groups in total. The molecular formula is C13H13ClN2O. The number of aldehydes is 1. The van der Waals surface area contributed by atoms with Gasteiger partial charge in [0.25, 0.3) is 0 Å². The van der Waals surface area contributed by atoms with Crippen molar-refractivity contribution in [3.05, 3.63) is 28.8 Å². The second kappa shape index (κ2) is 5.20. The van der Waals surface area contributed by atoms with Gasteiger partial charge in [0.2, 0.25) is 0 Å². The SMILES string of the molecule is N#CCCN(c1cccc(Cl)c1C=O)C1CC1. The summed E-state index contributed by atoms with van der Waals surface area (Å²) in [5.74, 6) is 0. The van der Waals surface area contributed by atoms with E-state index in [1.807, 2.05) is 12.1 Å². The fourth-order valence-corrected chi connectivity index (χ4v) is 2.16. The summed E-state index contributed by atoms with van der Waals surface area (Å²) in [6.45, 7) is 0.655. The van der Waals surface area contributed by atoms with E-state index in [9.17, 15) is 4.79 Å². The first-order chi connectivity index (χ1) is 8.27. The molecule has 88 valence electrons. The third-order valence-electron chi connectivity index (χ3n) is 2.91. The summed E-state index contributed by atoms with van der Waals surface area (Å²) in [5.41, 5.74) is 1.38. The molecule has 1 fully saturated rings. The summed E-state index contributed by atoms with van der Waals surface area (Å²) in [7, 11) is 0. The van der Waals surface area contributed by atoms with Gasteiger partial charge in [-0.25, -0.2) is 0 Å². The smallest absolute Gasteiger partial charge is 0.153 e. The van der Waals surface area contributed by atoms with Crippen LogP contribution < -0.4 is 4.90 Å². The molecule has 1 aliphatic rings. The summed E-state index contributed by atoms with van der Waals surface area (Å²) in [5, 5.41) is 9.15. The van der Waals surface area contributed by atoms with E-state index in [-0.39, 0.29) is 0 Å². The number of halogens is 1. The highest BCUT2D eigenvalue weighted by Crippen LogP contribution is 2.35. The van der Waals surface area contributed by atoms with Gasteiger partial charge in [0.05, 0.1) is 23.1 Å². The second-order valence-electron chi connectivity index (χ2n) is 4.12. The lowest BCUT2D eigenvalue weighted by Gasteiger charge is -2.25. The first-order valence-corrected chi connectivity index (χ1v) is 6.03. The Balaban J connectivity index is 2.32. The highest BCUT2D eigenvalue weighted by atomic mass is 35.5. The predicted octanol–water partition coefficient (Wildman–Crippen LogP) is 3.03. The molecule has 0 spiro atoms. The number of hydrogen-bond acceptors (Lipinski definition) is 3. The molecule has 0 heterocycles. The maximum absolute atomic E-state index is 11.1. The van der Waals surface area contributed by atoms with Gasteiger partial charge < -0.3 is 4.90 Å². The zero-order valence-corrected chi connectivity index (χ0v) is 10.2. The quantitative estimate of drug-likeness (QED) is 0.753. The molecule has 0 saturated heterocycles. The maximum Gasteiger partial charge on any atom is 0.153 e. The number of anilines is 1. The number of carbonyl (C=O) groups is 1. The Hall–Kier alpha value is -1.53. The van der Waals surface area contributed by atoms with Crippen LogP contribution in [0, 0.1) is 11.3 Å². The normalized spacial score (nSPS) is 14.1. The third kappa shape index (κ3) is 2.59. The number of benzene rings is 1. The second-order valence-corrected chi connectivity index (χ2v) is 4.53. The Labute approximate surface area is 106 Å². The van der Waals surface area contributed by atoms with Crippen molar-refractivity contribution in [2.24, 2.45) is 0 Å². The molecule has 4 heteroatoms. The Kier molecular flexibility index (Phi) is 3.65. The molecular weight excluding hydrogens is 236 g/mol. The highest BCUT2D eigenvalue weighted by Gasteiger charge is 2.30. The molecule has 0 atom stereocenters. The van der Waals surface area contributed by atoms with Gasteiger partial charge >= 0.3 is 0 Å². The van der Waals surface area contributed by atoms with E-state index >= 15 is 0 Å². The lowest BCUT2D eigenvalue weighted by Crippen LogP contribution is -2.27. The van der Waals surface area contributed by atoms with E-state index in [1.54, 1.807) is 6.07 Å². The van der Waals surface area contributed by atoms with Crippen molar-refractivity contribution >= 4 is 23.6 Å². The zero-order valence-electron chi connectivity index (χ0n) is 9.40. The lowest BCUT2D eigenvalue weighted by molar-refractivity contribution is 0.112. The van der Waals surface area contributed by atoms with E-state index in [4.69, 9.17) is 16.9 Å². The predicted molar refractivity (Wildman–Crippen MR) is 67.4 cm³/mol. The number of carbonyl (C=O) groups excluding carboxylic acids is 1. The van der Waals surface area contributed by atoms with Crippen LogP contribution in [0.4, 0.5) is 5.69 Å². The van der Waals surface area contributed by atoms with E-state index in [1.165, 1.54) is 0 Å². The molecule has 3 nitrogen and oxygen atoms in total. The van der Waals surface area contributed by atoms with Gasteiger partial charge in [-0.1, -0.05) is 17.7 Å². The maximum atomic E-state index is 11.1. The molecule has 0 aromatic heterocycles. The zero-order chi connectivity index (χ0) is 12.3. The fraction of sp³-hybridized carbons (Fsp3) is 0.385. The van der Waals surface area contributed by atoms with Crippen molar-refractivity contribution in [1.82, 2.24) is 0 Å². The third-order valence-corrected chi connectivity index (χ3v) is 3.24. The minimum absolute atomic E-state index is 0.459. The standard InChI is InChI=1S/C13H13ClN2O/c14-12-3-1-4-13(11(12)9-17)16(8-2-7-15)10-5-6-10/h1,3-4,9-10H,2,5-6,8H2. The first kappa shape index (κ1) is 11.9. The minimum Gasteiger partial charge on any atom is -0.367 e. The number of hydrogen-bond donors (Lipinski definition) is 0. The summed E-state index contributed by atoms with van der Waals surface area (Å²) < 4.78 is 0. The topological polar surface area (TPSA) is 44.1 Å². The van der Waals surface area contributed by atoms with Gasteiger partial charge in [-0.15, -0.1) is 0 Å². The Morgan fingerprint density at radius 2 is 2.29 bits per heavy atom. The van der Waals surface area contributed by atoms with Crippen molar-refractivity contribution in [1.29, 1.82) is 5.26 Å². The molecule has 17 heavy (non-hydrogen) atoms. The Morgan fingerprint density at radius 3 is 2.88 bits per heavy atom. The van der Waals surface area contributed by atoms with Gasteiger partial charge in [-0.2, -0.15) is 5.26 Å². The summed E-state index contributed by atoms with van der Waals surface area (Å²) in [6.07, 6.45) is 3.49. The van der Waals surface area contributed by atoms with Gasteiger partial charge in [-0.3, -0.25) is 4.79 Å². The van der Waals surface area contributed by atoms with Crippen LogP contribution in [0.1, 0.15) is 29.6 Å². The number of nitriles is 1. The molecule has 0 aliphatic heterocycles. The van der Waals surface area contributed by atoms with Crippen molar-refractivity contribution in [3.63, 3.8) is 0 Å². The number of rotatable bonds is 5. The first-order valence-electron chi connectivity index (χ1n) is 5.65. The summed E-state index contributed by atoms with van der Waals surface area (Å²) in [6, 6.07) is 8.04. The Morgan fingerprint density at radius 1 is 1.53 bits per heavy atom. The van der Waals surface area contributed by atoms with Crippen LogP contribution in [-0.2, 0) is 0 Å². The van der Waals surface area contributed by atoms with Crippen molar-refractivity contribution in [2.75, 3.05) is 11.4 Å². The molecule has 1 aromatic carbocycles. The van der Waals surface area contributed by atoms with Crippen LogP contribution >= 0.6 is 11.6 Å². The molecule has 1 aliphatic carbocycles. The van der Waals surface area contributed by atoms with Crippen LogP contribution in [0.25, 0.3) is 0 Å². The van der Waals surface area contributed by atoms with E-state index in [0.717, 1.165) is 24.8 Å². The van der Waals surface area contributed by atoms with E-state index < -0.39 is 0 Å². The van der Waals surface area contributed by atoms with Crippen LogP contribution in [0.3, 0.4) is 0 Å². The fourth-order valence-electron chi connectivity index (χ4n) is 1.95. The molecule has 0 radical (unpaired) electrons. The van der Waals surface area contributed by atoms with Crippen molar-refractivity contribution < 1.29 is 4.79 Å². The lowest BCUT2D eigenvalue weighted by atomic mass is 10.1. The molecule has 0 amide bonds. The molecule has 2 rings (SSSR count). The van der Waals surface area contributed by atoms with Crippen molar-refractivity contribution in [3.8, 4) is 6.07 Å². The average Bonchev–Trinajstić information content (AvgIpc) is 3.14. The minimum atomic E-state index is 0.459. The van der Waals surface area contributed by atoms with Gasteiger partial charge in [-0.05, 0) is 25.0 Å².